The van der Waals surface area contributed by atoms with Gasteiger partial charge in [0.2, 0.25) is 0 Å². The summed E-state index contributed by atoms with van der Waals surface area (Å²) in [5, 5.41) is 0.688. The van der Waals surface area contributed by atoms with E-state index in [0.29, 0.717) is 35.6 Å². The maximum absolute atomic E-state index is 12.7. The van der Waals surface area contributed by atoms with E-state index in [1.165, 1.54) is 0 Å². The van der Waals surface area contributed by atoms with E-state index in [1.807, 2.05) is 44.2 Å². The Hall–Kier alpha value is -2.59. The molecule has 0 saturated heterocycles. The smallest absolute Gasteiger partial charge is 0.434 e. The van der Waals surface area contributed by atoms with Gasteiger partial charge in [0.05, 0.1) is 12.2 Å². The lowest BCUT2D eigenvalue weighted by Gasteiger charge is -2.21. The third kappa shape index (κ3) is 4.28. The average molecular weight is 399 g/mol. The number of allylic oxidation sites excluding steroid dienone is 2. The molecule has 1 aliphatic rings. The maximum Gasteiger partial charge on any atom is 0.513 e. The first kappa shape index (κ1) is 20.2. The summed E-state index contributed by atoms with van der Waals surface area (Å²) < 4.78 is 10.3. The highest BCUT2D eigenvalue weighted by molar-refractivity contribution is 6.30. The molecule has 0 radical (unpaired) electrons. The van der Waals surface area contributed by atoms with Crippen molar-refractivity contribution >= 4 is 29.1 Å². The molecule has 3 rings (SSSR count). The Morgan fingerprint density at radius 3 is 2.36 bits per heavy atom. The second-order valence-corrected chi connectivity index (χ2v) is 7.29. The Morgan fingerprint density at radius 2 is 1.68 bits per heavy atom. The molecule has 0 bridgehead atoms. The topological polar surface area (TPSA) is 52.6 Å². The largest absolute Gasteiger partial charge is 0.513 e. The van der Waals surface area contributed by atoms with Gasteiger partial charge < -0.3 is 9.47 Å². The predicted octanol–water partition coefficient (Wildman–Crippen LogP) is 6.26. The lowest BCUT2D eigenvalue weighted by molar-refractivity contribution is -0.114. The fourth-order valence-corrected chi connectivity index (χ4v) is 3.62. The van der Waals surface area contributed by atoms with Crippen LogP contribution in [0.3, 0.4) is 0 Å². The summed E-state index contributed by atoms with van der Waals surface area (Å²) >= 11 is 6.00. The van der Waals surface area contributed by atoms with Gasteiger partial charge in [0, 0.05) is 17.9 Å². The third-order valence-corrected chi connectivity index (χ3v) is 5.08. The van der Waals surface area contributed by atoms with Crippen LogP contribution in [0.25, 0.3) is 16.7 Å². The number of ketones is 1. The molecular weight excluding hydrogens is 376 g/mol. The third-order valence-electron chi connectivity index (χ3n) is 4.83. The van der Waals surface area contributed by atoms with Crippen molar-refractivity contribution < 1.29 is 19.1 Å². The Labute approximate surface area is 170 Å². The Morgan fingerprint density at radius 1 is 1.04 bits per heavy atom. The molecule has 0 atom stereocenters. The van der Waals surface area contributed by atoms with Crippen LogP contribution in [0.15, 0.2) is 42.2 Å². The van der Waals surface area contributed by atoms with Gasteiger partial charge in [-0.25, -0.2) is 4.79 Å². The van der Waals surface area contributed by atoms with Crippen LogP contribution in [-0.4, -0.2) is 18.5 Å². The monoisotopic (exact) mass is 398 g/mol. The van der Waals surface area contributed by atoms with E-state index in [0.717, 1.165) is 27.8 Å². The maximum atomic E-state index is 12.7. The molecule has 0 heterocycles. The summed E-state index contributed by atoms with van der Waals surface area (Å²) in [5.41, 5.74) is 5.41. The molecule has 0 aliphatic heterocycles. The van der Waals surface area contributed by atoms with Gasteiger partial charge in [0.15, 0.2) is 5.78 Å². The second kappa shape index (κ2) is 8.61. The highest BCUT2D eigenvalue weighted by Crippen LogP contribution is 2.36. The summed E-state index contributed by atoms with van der Waals surface area (Å²) in [7, 11) is 0. The highest BCUT2D eigenvalue weighted by atomic mass is 35.5. The molecule has 5 heteroatoms. The van der Waals surface area contributed by atoms with E-state index in [1.54, 1.807) is 6.92 Å². The lowest BCUT2D eigenvalue weighted by Crippen LogP contribution is -2.17. The first-order valence-corrected chi connectivity index (χ1v) is 9.77. The number of halogens is 1. The summed E-state index contributed by atoms with van der Waals surface area (Å²) in [6.45, 7) is 5.91. The zero-order chi connectivity index (χ0) is 20.3. The molecule has 0 saturated carbocycles. The number of hydrogen-bond donors (Lipinski definition) is 0. The quantitative estimate of drug-likeness (QED) is 0.570. The molecule has 2 aromatic carbocycles. The Balaban J connectivity index is 2.06. The molecule has 0 amide bonds. The highest BCUT2D eigenvalue weighted by Gasteiger charge is 2.27. The van der Waals surface area contributed by atoms with Crippen molar-refractivity contribution in [3.05, 3.63) is 63.9 Å². The van der Waals surface area contributed by atoms with Crippen molar-refractivity contribution in [3.63, 3.8) is 0 Å². The number of Topliss-reactive ketones (excluding diaryl/α,β-unsaturated/α-hetero) is 1. The molecule has 0 spiro atoms. The van der Waals surface area contributed by atoms with Gasteiger partial charge in [-0.1, -0.05) is 35.9 Å². The second-order valence-electron chi connectivity index (χ2n) is 6.85. The Kier molecular flexibility index (Phi) is 6.20. The number of carbonyl (C=O) groups is 2. The molecule has 2 aromatic rings. The molecular formula is C23H23ClO4. The van der Waals surface area contributed by atoms with Crippen LogP contribution in [0, 0.1) is 13.8 Å². The van der Waals surface area contributed by atoms with Crippen molar-refractivity contribution in [2.45, 2.75) is 40.0 Å². The van der Waals surface area contributed by atoms with Gasteiger partial charge in [-0.15, -0.1) is 0 Å². The van der Waals surface area contributed by atoms with Crippen LogP contribution in [0.5, 0.6) is 0 Å². The van der Waals surface area contributed by atoms with E-state index in [9.17, 15) is 9.59 Å². The first-order chi connectivity index (χ1) is 13.4. The molecule has 0 N–H and O–H groups in total. The fraction of sp³-hybridized carbons (Fsp3) is 0.304. The number of aryl methyl sites for hydroxylation is 2. The van der Waals surface area contributed by atoms with E-state index >= 15 is 0 Å². The van der Waals surface area contributed by atoms with E-state index in [4.69, 9.17) is 21.1 Å². The number of ether oxygens (including phenoxy) is 2. The predicted molar refractivity (Wildman–Crippen MR) is 110 cm³/mol. The van der Waals surface area contributed by atoms with Gasteiger partial charge in [-0.2, -0.15) is 0 Å². The molecule has 28 heavy (non-hydrogen) atoms. The summed E-state index contributed by atoms with van der Waals surface area (Å²) in [5.74, 6) is 0.392. The molecule has 0 unspecified atom stereocenters. The average Bonchev–Trinajstić information content (AvgIpc) is 2.65. The van der Waals surface area contributed by atoms with Crippen LogP contribution in [0.2, 0.25) is 5.02 Å². The van der Waals surface area contributed by atoms with Crippen LogP contribution >= 0.6 is 11.6 Å². The first-order valence-electron chi connectivity index (χ1n) is 9.39. The van der Waals surface area contributed by atoms with Crippen molar-refractivity contribution in [1.29, 1.82) is 0 Å². The number of rotatable bonds is 4. The van der Waals surface area contributed by atoms with E-state index < -0.39 is 6.16 Å². The molecule has 146 valence electrons. The van der Waals surface area contributed by atoms with E-state index in [-0.39, 0.29) is 12.4 Å². The molecule has 1 aliphatic carbocycles. The summed E-state index contributed by atoms with van der Waals surface area (Å²) in [4.78, 5) is 24.5. The minimum Gasteiger partial charge on any atom is -0.434 e. The zero-order valence-corrected chi connectivity index (χ0v) is 17.1. The summed E-state index contributed by atoms with van der Waals surface area (Å²) in [6, 6.07) is 11.7. The summed E-state index contributed by atoms with van der Waals surface area (Å²) in [6.07, 6.45) is 0.884. The number of hydrogen-bond acceptors (Lipinski definition) is 4. The van der Waals surface area contributed by atoms with Crippen LogP contribution in [0.1, 0.15) is 42.9 Å². The number of carbonyl (C=O) groups excluding carboxylic acids is 2. The molecule has 0 fully saturated rings. The van der Waals surface area contributed by atoms with Gasteiger partial charge in [0.1, 0.15) is 5.76 Å². The fourth-order valence-electron chi connectivity index (χ4n) is 3.49. The standard InChI is InChI=1S/C23H23ClO4/c1-4-27-23(26)28-21-7-5-6-20(25)22(21)19-13-14(2)18(12-15(19)3)16-8-10-17(24)11-9-16/h8-13H,4-7H2,1-3H3. The minimum atomic E-state index is -0.767. The van der Waals surface area contributed by atoms with E-state index in [2.05, 4.69) is 6.07 Å². The molecule has 0 aromatic heterocycles. The van der Waals surface area contributed by atoms with Crippen molar-refractivity contribution in [1.82, 2.24) is 0 Å². The lowest BCUT2D eigenvalue weighted by atomic mass is 9.86. The van der Waals surface area contributed by atoms with Gasteiger partial charge in [-0.3, -0.25) is 4.79 Å². The van der Waals surface area contributed by atoms with Crippen LogP contribution in [0.4, 0.5) is 4.79 Å². The number of benzene rings is 2. The minimum absolute atomic E-state index is 0.00714. The zero-order valence-electron chi connectivity index (χ0n) is 16.3. The van der Waals surface area contributed by atoms with Crippen molar-refractivity contribution in [2.75, 3.05) is 6.61 Å². The van der Waals surface area contributed by atoms with Crippen LogP contribution in [-0.2, 0) is 14.3 Å². The SMILES string of the molecule is CCOC(=O)OC1=C(c2cc(C)c(-c3ccc(Cl)cc3)cc2C)C(=O)CCC1. The van der Waals surface area contributed by atoms with Crippen molar-refractivity contribution in [2.24, 2.45) is 0 Å². The van der Waals surface area contributed by atoms with Crippen molar-refractivity contribution in [3.8, 4) is 11.1 Å². The Bertz CT molecular complexity index is 942. The normalized spacial score (nSPS) is 14.2. The molecule has 4 nitrogen and oxygen atoms in total. The van der Waals surface area contributed by atoms with Gasteiger partial charge in [0.25, 0.3) is 0 Å². The van der Waals surface area contributed by atoms with Crippen LogP contribution < -0.4 is 0 Å². The van der Waals surface area contributed by atoms with Gasteiger partial charge in [-0.05, 0) is 67.1 Å². The van der Waals surface area contributed by atoms with Gasteiger partial charge >= 0.3 is 6.16 Å².